The Morgan fingerprint density at radius 3 is 1.65 bits per heavy atom. The van der Waals surface area contributed by atoms with Crippen molar-refractivity contribution in [3.8, 4) is 0 Å². The Morgan fingerprint density at radius 1 is 0.826 bits per heavy atom. The third kappa shape index (κ3) is 5.11. The van der Waals surface area contributed by atoms with Gasteiger partial charge in [0.15, 0.2) is 0 Å². The van der Waals surface area contributed by atoms with Crippen LogP contribution in [0.25, 0.3) is 21.5 Å². The number of hydrogen-bond acceptors (Lipinski definition) is 0. The minimum absolute atomic E-state index is 0. The van der Waals surface area contributed by atoms with Crippen molar-refractivity contribution in [3.63, 3.8) is 0 Å². The largest absolute Gasteiger partial charge is 4.00 e. The molecule has 0 saturated carbocycles. The van der Waals surface area contributed by atoms with E-state index in [4.69, 9.17) is 0 Å². The zero-order valence-electron chi connectivity index (χ0n) is 13.2. The summed E-state index contributed by atoms with van der Waals surface area (Å²) in [6, 6.07) is 19.3. The van der Waals surface area contributed by atoms with Gasteiger partial charge in [0.05, 0.1) is 0 Å². The van der Waals surface area contributed by atoms with E-state index in [0.717, 1.165) is 6.42 Å². The molecule has 116 valence electrons. The molecule has 0 nitrogen and oxygen atoms in total. The van der Waals surface area contributed by atoms with Gasteiger partial charge in [0.2, 0.25) is 0 Å². The van der Waals surface area contributed by atoms with E-state index in [0.29, 0.717) is 0 Å². The summed E-state index contributed by atoms with van der Waals surface area (Å²) < 4.78 is 0. The molecule has 0 spiro atoms. The van der Waals surface area contributed by atoms with Crippen molar-refractivity contribution in [1.29, 1.82) is 0 Å². The molecule has 0 aromatic heterocycles. The van der Waals surface area contributed by atoms with Gasteiger partial charge in [-0.2, -0.15) is 5.57 Å². The van der Waals surface area contributed by atoms with Crippen molar-refractivity contribution < 1.29 is 51.0 Å². The zero-order valence-corrected chi connectivity index (χ0v) is 17.2. The van der Waals surface area contributed by atoms with E-state index in [1.807, 2.05) is 0 Å². The van der Waals surface area contributed by atoms with Gasteiger partial charge in [-0.1, -0.05) is 43.3 Å². The van der Waals surface area contributed by atoms with Crippen LogP contribution in [-0.4, -0.2) is 0 Å². The molecule has 1 aliphatic carbocycles. The van der Waals surface area contributed by atoms with Crippen molar-refractivity contribution in [2.45, 2.75) is 20.3 Å². The molecular weight excluding hydrogens is 402 g/mol. The predicted molar refractivity (Wildman–Crippen MR) is 87.9 cm³/mol. The molecule has 0 radical (unpaired) electrons. The van der Waals surface area contributed by atoms with Crippen LogP contribution in [0.3, 0.4) is 0 Å². The predicted octanol–water partition coefficient (Wildman–Crippen LogP) is -0.197. The molecule has 3 heteroatoms. The molecule has 4 rings (SSSR count). The van der Waals surface area contributed by atoms with Gasteiger partial charge < -0.3 is 24.8 Å². The summed E-state index contributed by atoms with van der Waals surface area (Å²) in [6.45, 7) is 4.27. The first-order valence-electron chi connectivity index (χ1n) is 7.02. The fourth-order valence-electron chi connectivity index (χ4n) is 2.52. The van der Waals surface area contributed by atoms with Crippen LogP contribution in [0, 0.1) is 6.08 Å². The Kier molecular flexibility index (Phi) is 9.86. The van der Waals surface area contributed by atoms with Gasteiger partial charge in [-0.25, -0.2) is 11.6 Å². The summed E-state index contributed by atoms with van der Waals surface area (Å²) in [7, 11) is 0. The Bertz CT molecular complexity index is 762. The van der Waals surface area contributed by atoms with Crippen LogP contribution in [0.4, 0.5) is 0 Å². The first kappa shape index (κ1) is 22.3. The fourth-order valence-corrected chi connectivity index (χ4v) is 2.52. The number of benzene rings is 2. The molecule has 0 N–H and O–H groups in total. The van der Waals surface area contributed by atoms with Crippen molar-refractivity contribution >= 4 is 21.5 Å². The van der Waals surface area contributed by atoms with Crippen LogP contribution >= 0.6 is 0 Å². The third-order valence-electron chi connectivity index (χ3n) is 3.88. The van der Waals surface area contributed by atoms with Crippen LogP contribution in [0.1, 0.15) is 20.3 Å². The molecule has 0 aliphatic heterocycles. The molecular formula is C20H18Cl2Zr. The number of hydrogen-bond donors (Lipinski definition) is 0. The van der Waals surface area contributed by atoms with E-state index in [2.05, 4.69) is 80.6 Å². The summed E-state index contributed by atoms with van der Waals surface area (Å²) in [6.07, 6.45) is 6.22. The van der Waals surface area contributed by atoms with Crippen LogP contribution in [-0.2, 0) is 26.2 Å². The van der Waals surface area contributed by atoms with Crippen LogP contribution in [0.15, 0.2) is 71.8 Å². The molecule has 23 heavy (non-hydrogen) atoms. The summed E-state index contributed by atoms with van der Waals surface area (Å²) in [4.78, 5) is 0. The molecule has 3 aromatic rings. The Labute approximate surface area is 170 Å². The van der Waals surface area contributed by atoms with E-state index in [1.165, 1.54) is 32.7 Å². The summed E-state index contributed by atoms with van der Waals surface area (Å²) in [5, 5.41) is 5.39. The van der Waals surface area contributed by atoms with E-state index < -0.39 is 0 Å². The molecule has 0 atom stereocenters. The van der Waals surface area contributed by atoms with Crippen molar-refractivity contribution in [2.24, 2.45) is 0 Å². The van der Waals surface area contributed by atoms with Gasteiger partial charge >= 0.3 is 26.2 Å². The third-order valence-corrected chi connectivity index (χ3v) is 3.88. The van der Waals surface area contributed by atoms with Crippen molar-refractivity contribution in [3.05, 3.63) is 77.9 Å². The molecule has 0 amide bonds. The van der Waals surface area contributed by atoms with Crippen LogP contribution in [0.5, 0.6) is 0 Å². The van der Waals surface area contributed by atoms with Crippen molar-refractivity contribution in [2.75, 3.05) is 0 Å². The van der Waals surface area contributed by atoms with E-state index in [1.54, 1.807) is 0 Å². The van der Waals surface area contributed by atoms with Gasteiger partial charge in [-0.3, -0.25) is 6.08 Å². The maximum absolute atomic E-state index is 3.12. The second kappa shape index (κ2) is 10.2. The second-order valence-electron chi connectivity index (χ2n) is 5.31. The molecule has 0 saturated heterocycles. The summed E-state index contributed by atoms with van der Waals surface area (Å²) >= 11 is 0. The van der Waals surface area contributed by atoms with E-state index in [-0.39, 0.29) is 51.0 Å². The van der Waals surface area contributed by atoms with Crippen LogP contribution < -0.4 is 24.8 Å². The van der Waals surface area contributed by atoms with Crippen LogP contribution in [0.2, 0.25) is 0 Å². The quantitative estimate of drug-likeness (QED) is 0.442. The molecule has 0 heterocycles. The number of allylic oxidation sites excluding steroid dienone is 4. The van der Waals surface area contributed by atoms with Gasteiger partial charge in [0.25, 0.3) is 0 Å². The first-order valence-corrected chi connectivity index (χ1v) is 7.02. The van der Waals surface area contributed by atoms with Crippen molar-refractivity contribution in [1.82, 2.24) is 0 Å². The van der Waals surface area contributed by atoms with E-state index in [9.17, 15) is 0 Å². The van der Waals surface area contributed by atoms with Gasteiger partial charge in [0, 0.05) is 0 Å². The Hall–Kier alpha value is -0.747. The number of rotatable bonds is 0. The molecule has 0 unspecified atom stereocenters. The van der Waals surface area contributed by atoms with E-state index >= 15 is 0 Å². The SMILES string of the molecule is CC1=C(C)C[C-]=C1.[Cl-].[Cl-].[Zr+4].c1ccc2c(c1)[cH-]c1ccccc12. The Balaban J connectivity index is 0.000000426. The van der Waals surface area contributed by atoms with Gasteiger partial charge in [0.1, 0.15) is 0 Å². The number of fused-ring (bicyclic) bond motifs is 3. The fraction of sp³-hybridized carbons (Fsp3) is 0.150. The molecule has 0 fully saturated rings. The zero-order chi connectivity index (χ0) is 13.9. The van der Waals surface area contributed by atoms with Gasteiger partial charge in [-0.05, 0) is 0 Å². The molecule has 0 bridgehead atoms. The number of halogens is 2. The average Bonchev–Trinajstić information content (AvgIpc) is 3.03. The standard InChI is InChI=1S/C13H9.C7H9.2ClH.Zr/c1-3-7-12-10(5-1)9-11-6-2-4-8-13(11)12;1-6-4-3-5-7(6)2;;;/h1-9H;4H,5H2,1-2H3;2*1H;/q2*-1;;;+4/p-2. The minimum Gasteiger partial charge on any atom is -1.00 e. The first-order chi connectivity index (χ1) is 9.75. The monoisotopic (exact) mass is 418 g/mol. The smallest absolute Gasteiger partial charge is 1.00 e. The topological polar surface area (TPSA) is 0 Å². The Morgan fingerprint density at radius 2 is 1.30 bits per heavy atom. The molecule has 3 aromatic carbocycles. The maximum Gasteiger partial charge on any atom is 4.00 e. The maximum atomic E-state index is 3.12. The molecule has 1 aliphatic rings. The summed E-state index contributed by atoms with van der Waals surface area (Å²) in [5.74, 6) is 0. The second-order valence-corrected chi connectivity index (χ2v) is 5.31. The van der Waals surface area contributed by atoms with Gasteiger partial charge in [-0.15, -0.1) is 53.1 Å². The average molecular weight is 420 g/mol. The normalized spacial score (nSPS) is 12.1. The minimum atomic E-state index is 0. The summed E-state index contributed by atoms with van der Waals surface area (Å²) in [5.41, 5.74) is 2.85.